The van der Waals surface area contributed by atoms with E-state index in [1.165, 1.54) is 12.8 Å². The van der Waals surface area contributed by atoms with Crippen molar-refractivity contribution in [3.05, 3.63) is 0 Å². The van der Waals surface area contributed by atoms with E-state index in [0.717, 1.165) is 12.8 Å². The van der Waals surface area contributed by atoms with E-state index in [1.54, 1.807) is 0 Å². The summed E-state index contributed by atoms with van der Waals surface area (Å²) >= 11 is 0. The first-order valence-corrected chi connectivity index (χ1v) is 2.57. The van der Waals surface area contributed by atoms with Gasteiger partial charge in [-0.15, -0.1) is 0 Å². The highest BCUT2D eigenvalue weighted by Crippen LogP contribution is 2.16. The van der Waals surface area contributed by atoms with Gasteiger partial charge in [0.15, 0.2) is 0 Å². The summed E-state index contributed by atoms with van der Waals surface area (Å²) in [5.41, 5.74) is 0. The summed E-state index contributed by atoms with van der Waals surface area (Å²) in [4.78, 5) is 0. The molecule has 0 aliphatic heterocycles. The Morgan fingerprint density at radius 3 is 1.83 bits per heavy atom. The fourth-order valence-corrected chi connectivity index (χ4v) is 0.904. The third-order valence-corrected chi connectivity index (χ3v) is 1.32. The van der Waals surface area contributed by atoms with Crippen LogP contribution in [0.2, 0.25) is 0 Å². The highest BCUT2D eigenvalue weighted by molar-refractivity contribution is 4.63. The zero-order valence-corrected chi connectivity index (χ0v) is 3.85. The van der Waals surface area contributed by atoms with Gasteiger partial charge in [-0.25, -0.2) is 0 Å². The Balaban J connectivity index is 2.18. The van der Waals surface area contributed by atoms with Gasteiger partial charge >= 0.3 is 0 Å². The molecule has 0 saturated heterocycles. The largest absolute Gasteiger partial charge is 0.393 e. The van der Waals surface area contributed by atoms with E-state index in [-0.39, 0.29) is 6.10 Å². The van der Waals surface area contributed by atoms with Crippen molar-refractivity contribution in [3.8, 4) is 0 Å². The van der Waals surface area contributed by atoms with Crippen molar-refractivity contribution in [3.63, 3.8) is 0 Å². The number of rotatable bonds is 0. The lowest BCUT2D eigenvalue weighted by atomic mass is 10.4. The summed E-state index contributed by atoms with van der Waals surface area (Å²) in [6.07, 6.45) is 4.60. The normalized spacial score (nSPS) is 25.5. The lowest BCUT2D eigenvalue weighted by molar-refractivity contribution is 0.183. The van der Waals surface area contributed by atoms with Crippen LogP contribution in [0.15, 0.2) is 0 Å². The van der Waals surface area contributed by atoms with Crippen molar-refractivity contribution in [1.29, 1.82) is 0 Å². The molecule has 1 aliphatic carbocycles. The maximum atomic E-state index is 8.73. The second-order valence-corrected chi connectivity index (χ2v) is 1.94. The molecule has 0 aromatic rings. The average molecular weight is 87.1 g/mol. The molecule has 0 unspecified atom stereocenters. The van der Waals surface area contributed by atoms with Crippen LogP contribution in [-0.4, -0.2) is 11.2 Å². The Kier molecular flexibility index (Phi) is 1.10. The summed E-state index contributed by atoms with van der Waals surface area (Å²) in [6, 6.07) is 0. The standard InChI is InChI=1S/C5H10O/c6-5-3-1-2-4-5/h5-6H,1-4H2/i5+1. The molecular weight excluding hydrogens is 77.0 g/mol. The second kappa shape index (κ2) is 1.61. The Hall–Kier alpha value is -0.0400. The van der Waals surface area contributed by atoms with Crippen molar-refractivity contribution in [1.82, 2.24) is 0 Å². The SMILES string of the molecule is O[13CH]1CCCC1. The number of aliphatic hydroxyl groups excluding tert-OH is 1. The topological polar surface area (TPSA) is 20.2 Å². The lowest BCUT2D eigenvalue weighted by Crippen LogP contribution is -1.94. The quantitative estimate of drug-likeness (QED) is 0.435. The van der Waals surface area contributed by atoms with Crippen LogP contribution < -0.4 is 0 Å². The highest BCUT2D eigenvalue weighted by Gasteiger charge is 2.09. The molecule has 1 fully saturated rings. The molecule has 6 heavy (non-hydrogen) atoms. The van der Waals surface area contributed by atoms with Gasteiger partial charge < -0.3 is 5.11 Å². The number of aliphatic hydroxyl groups is 1. The van der Waals surface area contributed by atoms with Crippen molar-refractivity contribution < 1.29 is 5.11 Å². The maximum absolute atomic E-state index is 8.73. The molecule has 0 atom stereocenters. The van der Waals surface area contributed by atoms with Gasteiger partial charge in [0.25, 0.3) is 0 Å². The molecule has 36 valence electrons. The van der Waals surface area contributed by atoms with Crippen LogP contribution in [0, 0.1) is 0 Å². The molecule has 1 heteroatoms. The Labute approximate surface area is 38.0 Å². The monoisotopic (exact) mass is 87.1 g/mol. The second-order valence-electron chi connectivity index (χ2n) is 1.94. The van der Waals surface area contributed by atoms with Gasteiger partial charge in [0.1, 0.15) is 0 Å². The highest BCUT2D eigenvalue weighted by atomic mass is 16.4. The smallest absolute Gasteiger partial charge is 0.0540 e. The summed E-state index contributed by atoms with van der Waals surface area (Å²) in [7, 11) is 0. The predicted molar refractivity (Wildman–Crippen MR) is 24.5 cm³/mol. The molecule has 1 rings (SSSR count). The van der Waals surface area contributed by atoms with Gasteiger partial charge in [-0.3, -0.25) is 0 Å². The first kappa shape index (κ1) is 4.13. The minimum Gasteiger partial charge on any atom is -0.393 e. The minimum atomic E-state index is 0.0463. The van der Waals surface area contributed by atoms with E-state index >= 15 is 0 Å². The fourth-order valence-electron chi connectivity index (χ4n) is 0.904. The summed E-state index contributed by atoms with van der Waals surface area (Å²) < 4.78 is 0. The Morgan fingerprint density at radius 2 is 1.67 bits per heavy atom. The molecule has 1 nitrogen and oxygen atoms in total. The van der Waals surface area contributed by atoms with E-state index in [9.17, 15) is 0 Å². The van der Waals surface area contributed by atoms with Crippen LogP contribution in [-0.2, 0) is 0 Å². The van der Waals surface area contributed by atoms with Crippen LogP contribution in [0.3, 0.4) is 0 Å². The molecule has 1 saturated carbocycles. The maximum Gasteiger partial charge on any atom is 0.0540 e. The van der Waals surface area contributed by atoms with E-state index in [4.69, 9.17) is 5.11 Å². The van der Waals surface area contributed by atoms with Gasteiger partial charge in [-0.1, -0.05) is 12.8 Å². The van der Waals surface area contributed by atoms with Crippen molar-refractivity contribution in [2.24, 2.45) is 0 Å². The molecule has 0 heterocycles. The third kappa shape index (κ3) is 0.716. The van der Waals surface area contributed by atoms with Crippen molar-refractivity contribution in [2.75, 3.05) is 0 Å². The number of hydrogen-bond acceptors (Lipinski definition) is 1. The summed E-state index contributed by atoms with van der Waals surface area (Å²) in [5.74, 6) is 0. The molecule has 0 amide bonds. The zero-order chi connectivity index (χ0) is 4.41. The molecule has 1 N–H and O–H groups in total. The first-order chi connectivity index (χ1) is 2.89. The van der Waals surface area contributed by atoms with E-state index in [0.29, 0.717) is 0 Å². The third-order valence-electron chi connectivity index (χ3n) is 1.32. The van der Waals surface area contributed by atoms with Gasteiger partial charge in [-0.05, 0) is 12.8 Å². The van der Waals surface area contributed by atoms with Crippen molar-refractivity contribution >= 4 is 0 Å². The first-order valence-electron chi connectivity index (χ1n) is 2.57. The summed E-state index contributed by atoms with van der Waals surface area (Å²) in [5, 5.41) is 8.73. The molecule has 0 spiro atoms. The Morgan fingerprint density at radius 1 is 1.17 bits per heavy atom. The van der Waals surface area contributed by atoms with Gasteiger partial charge in [0, 0.05) is 0 Å². The molecule has 0 aromatic heterocycles. The molecular formula is C5H10O. The Bertz CT molecular complexity index is 37.2. The van der Waals surface area contributed by atoms with E-state index in [1.807, 2.05) is 0 Å². The average Bonchev–Trinajstić information content (AvgIpc) is 1.86. The van der Waals surface area contributed by atoms with E-state index in [2.05, 4.69) is 0 Å². The predicted octanol–water partition coefficient (Wildman–Crippen LogP) is 0.921. The minimum absolute atomic E-state index is 0.0463. The van der Waals surface area contributed by atoms with E-state index < -0.39 is 0 Å². The molecule has 1 aliphatic rings. The van der Waals surface area contributed by atoms with Crippen LogP contribution >= 0.6 is 0 Å². The fraction of sp³-hybridized carbons (Fsp3) is 1.00. The van der Waals surface area contributed by atoms with Gasteiger partial charge in [0.05, 0.1) is 6.10 Å². The van der Waals surface area contributed by atoms with Crippen LogP contribution in [0.25, 0.3) is 0 Å². The zero-order valence-electron chi connectivity index (χ0n) is 3.85. The van der Waals surface area contributed by atoms with Crippen molar-refractivity contribution in [2.45, 2.75) is 31.8 Å². The van der Waals surface area contributed by atoms with Crippen LogP contribution in [0.5, 0.6) is 0 Å². The van der Waals surface area contributed by atoms with Gasteiger partial charge in [0.2, 0.25) is 0 Å². The summed E-state index contributed by atoms with van der Waals surface area (Å²) in [6.45, 7) is 0. The molecule has 0 aromatic carbocycles. The van der Waals surface area contributed by atoms with Crippen LogP contribution in [0.4, 0.5) is 0 Å². The lowest BCUT2D eigenvalue weighted by Gasteiger charge is -1.91. The molecule has 0 bridgehead atoms. The van der Waals surface area contributed by atoms with Gasteiger partial charge in [-0.2, -0.15) is 0 Å². The van der Waals surface area contributed by atoms with Crippen LogP contribution in [0.1, 0.15) is 25.7 Å². The number of hydrogen-bond donors (Lipinski definition) is 1. The molecule has 0 radical (unpaired) electrons.